The Bertz CT molecular complexity index is 380. The molecular formula is C13H20O2S2. The van der Waals surface area contributed by atoms with Crippen LogP contribution >= 0.6 is 19.9 Å². The van der Waals surface area contributed by atoms with Crippen LogP contribution in [0.25, 0.3) is 0 Å². The second-order valence-electron chi connectivity index (χ2n) is 4.39. The van der Waals surface area contributed by atoms with Crippen LogP contribution in [0, 0.1) is 0 Å². The van der Waals surface area contributed by atoms with Gasteiger partial charge in [0.25, 0.3) is 0 Å². The minimum Gasteiger partial charge on any atom is -0.497 e. The van der Waals surface area contributed by atoms with Crippen molar-refractivity contribution in [2.24, 2.45) is 0 Å². The van der Waals surface area contributed by atoms with E-state index in [4.69, 9.17) is 9.47 Å². The molecule has 2 rings (SSSR count). The van der Waals surface area contributed by atoms with Gasteiger partial charge in [-0.3, -0.25) is 0 Å². The SMILES string of the molecule is COc1cc(OC)cc(C(C)S2(C)CCS2)c1. The first-order valence-corrected chi connectivity index (χ1v) is 9.49. The van der Waals surface area contributed by atoms with Crippen molar-refractivity contribution in [2.75, 3.05) is 32.0 Å². The van der Waals surface area contributed by atoms with Crippen molar-refractivity contribution in [3.05, 3.63) is 23.8 Å². The largest absolute Gasteiger partial charge is 0.497 e. The van der Waals surface area contributed by atoms with E-state index in [0.29, 0.717) is 5.25 Å². The Morgan fingerprint density at radius 2 is 1.71 bits per heavy atom. The van der Waals surface area contributed by atoms with Gasteiger partial charge in [0.1, 0.15) is 11.5 Å². The summed E-state index contributed by atoms with van der Waals surface area (Å²) in [5.41, 5.74) is 1.34. The maximum Gasteiger partial charge on any atom is 0.122 e. The molecule has 0 radical (unpaired) electrons. The summed E-state index contributed by atoms with van der Waals surface area (Å²) in [6.45, 7) is 2.33. The number of rotatable bonds is 4. The van der Waals surface area contributed by atoms with Gasteiger partial charge in [0.05, 0.1) is 14.2 Å². The zero-order chi connectivity index (χ0) is 12.5. The zero-order valence-electron chi connectivity index (χ0n) is 10.9. The molecule has 1 fully saturated rings. The summed E-state index contributed by atoms with van der Waals surface area (Å²) in [4.78, 5) is 0. The fourth-order valence-electron chi connectivity index (χ4n) is 1.98. The van der Waals surface area contributed by atoms with Gasteiger partial charge >= 0.3 is 0 Å². The van der Waals surface area contributed by atoms with Crippen LogP contribution in [0.4, 0.5) is 0 Å². The smallest absolute Gasteiger partial charge is 0.122 e. The molecule has 17 heavy (non-hydrogen) atoms. The Hall–Kier alpha value is -0.480. The average molecular weight is 272 g/mol. The maximum atomic E-state index is 5.33. The molecule has 1 aromatic rings. The number of ether oxygens (including phenoxy) is 2. The van der Waals surface area contributed by atoms with Gasteiger partial charge in [-0.25, -0.2) is 0 Å². The normalized spacial score (nSPS) is 28.7. The maximum absolute atomic E-state index is 5.33. The molecule has 2 atom stereocenters. The van der Waals surface area contributed by atoms with Crippen LogP contribution in [-0.2, 0) is 0 Å². The summed E-state index contributed by atoms with van der Waals surface area (Å²) in [6, 6.07) is 6.22. The predicted molar refractivity (Wildman–Crippen MR) is 78.8 cm³/mol. The molecule has 4 heteroatoms. The Morgan fingerprint density at radius 3 is 2.06 bits per heavy atom. The monoisotopic (exact) mass is 272 g/mol. The van der Waals surface area contributed by atoms with Gasteiger partial charge in [-0.1, -0.05) is 0 Å². The van der Waals surface area contributed by atoms with E-state index in [1.54, 1.807) is 14.2 Å². The molecule has 0 saturated carbocycles. The van der Waals surface area contributed by atoms with Crippen molar-refractivity contribution in [3.63, 3.8) is 0 Å². The standard InChI is InChI=1S/C13H20O2S2/c1-10(17(4)6-5-16-17)11-7-12(14-2)9-13(8-11)15-3/h7-10H,5-6H2,1-4H3. The Balaban J connectivity index is 2.30. The van der Waals surface area contributed by atoms with Crippen molar-refractivity contribution in [1.82, 2.24) is 0 Å². The molecule has 1 heterocycles. The molecule has 0 aromatic heterocycles. The van der Waals surface area contributed by atoms with Gasteiger partial charge in [0.15, 0.2) is 0 Å². The molecule has 0 aliphatic carbocycles. The van der Waals surface area contributed by atoms with Crippen LogP contribution in [-0.4, -0.2) is 32.0 Å². The molecule has 96 valence electrons. The van der Waals surface area contributed by atoms with Gasteiger partial charge < -0.3 is 9.47 Å². The molecule has 1 saturated heterocycles. The van der Waals surface area contributed by atoms with E-state index >= 15 is 0 Å². The summed E-state index contributed by atoms with van der Waals surface area (Å²) in [5, 5.41) is 0.602. The summed E-state index contributed by atoms with van der Waals surface area (Å²) < 4.78 is 10.7. The van der Waals surface area contributed by atoms with E-state index in [2.05, 4.69) is 36.1 Å². The lowest BCUT2D eigenvalue weighted by molar-refractivity contribution is 0.393. The van der Waals surface area contributed by atoms with Crippen LogP contribution in [0.3, 0.4) is 0 Å². The van der Waals surface area contributed by atoms with Crippen molar-refractivity contribution in [3.8, 4) is 11.5 Å². The zero-order valence-corrected chi connectivity index (χ0v) is 12.5. The van der Waals surface area contributed by atoms with E-state index in [1.165, 1.54) is 17.1 Å². The quantitative estimate of drug-likeness (QED) is 0.775. The number of benzene rings is 1. The highest BCUT2D eigenvalue weighted by molar-refractivity contribution is 8.96. The Kier molecular flexibility index (Phi) is 3.83. The number of methoxy groups -OCH3 is 2. The molecule has 0 N–H and O–H groups in total. The van der Waals surface area contributed by atoms with Gasteiger partial charge in [-0.05, 0) is 36.6 Å². The van der Waals surface area contributed by atoms with Crippen LogP contribution < -0.4 is 9.47 Å². The molecule has 0 bridgehead atoms. The molecule has 0 spiro atoms. The van der Waals surface area contributed by atoms with Crippen molar-refractivity contribution < 1.29 is 9.47 Å². The highest BCUT2D eigenvalue weighted by Gasteiger charge is 2.34. The topological polar surface area (TPSA) is 18.5 Å². The highest BCUT2D eigenvalue weighted by atomic mass is 33.2. The van der Waals surface area contributed by atoms with Crippen LogP contribution in [0.1, 0.15) is 17.7 Å². The lowest BCUT2D eigenvalue weighted by Crippen LogP contribution is -2.18. The Morgan fingerprint density at radius 1 is 1.18 bits per heavy atom. The first kappa shape index (κ1) is 13.0. The van der Waals surface area contributed by atoms with Gasteiger partial charge in [0, 0.05) is 17.1 Å². The number of hydrogen-bond donors (Lipinski definition) is 0. The third kappa shape index (κ3) is 2.52. The lowest BCUT2D eigenvalue weighted by atomic mass is 10.1. The minimum absolute atomic E-state index is 0.515. The summed E-state index contributed by atoms with van der Waals surface area (Å²) in [7, 11) is 5.03. The third-order valence-electron chi connectivity index (χ3n) is 3.43. The first-order chi connectivity index (χ1) is 8.09. The fraction of sp³-hybridized carbons (Fsp3) is 0.538. The second kappa shape index (κ2) is 5.02. The van der Waals surface area contributed by atoms with E-state index < -0.39 is 9.06 Å². The van der Waals surface area contributed by atoms with E-state index in [0.717, 1.165) is 11.5 Å². The fourth-order valence-corrected chi connectivity index (χ4v) is 6.96. The number of hydrogen-bond acceptors (Lipinski definition) is 3. The summed E-state index contributed by atoms with van der Waals surface area (Å²) in [6.07, 6.45) is 2.43. The molecular weight excluding hydrogens is 252 g/mol. The first-order valence-electron chi connectivity index (χ1n) is 5.71. The van der Waals surface area contributed by atoms with Crippen LogP contribution in [0.15, 0.2) is 18.2 Å². The molecule has 2 nitrogen and oxygen atoms in total. The minimum atomic E-state index is -0.515. The molecule has 1 aliphatic rings. The van der Waals surface area contributed by atoms with E-state index in [1.807, 2.05) is 6.07 Å². The molecule has 2 unspecified atom stereocenters. The summed E-state index contributed by atoms with van der Waals surface area (Å²) >= 11 is 0. The van der Waals surface area contributed by atoms with Crippen molar-refractivity contribution in [1.29, 1.82) is 0 Å². The van der Waals surface area contributed by atoms with Crippen LogP contribution in [0.5, 0.6) is 11.5 Å². The van der Waals surface area contributed by atoms with E-state index in [-0.39, 0.29) is 0 Å². The Labute approximate surface area is 109 Å². The average Bonchev–Trinajstić information content (AvgIpc) is 2.34. The lowest BCUT2D eigenvalue weighted by Gasteiger charge is -2.48. The van der Waals surface area contributed by atoms with Gasteiger partial charge in [0.2, 0.25) is 0 Å². The van der Waals surface area contributed by atoms with E-state index in [9.17, 15) is 0 Å². The van der Waals surface area contributed by atoms with Crippen LogP contribution in [0.2, 0.25) is 0 Å². The van der Waals surface area contributed by atoms with Gasteiger partial charge in [-0.15, -0.1) is 10.8 Å². The molecule has 0 amide bonds. The molecule has 1 aliphatic heterocycles. The van der Waals surface area contributed by atoms with Gasteiger partial charge in [-0.2, -0.15) is 9.06 Å². The predicted octanol–water partition coefficient (Wildman–Crippen LogP) is 3.86. The van der Waals surface area contributed by atoms with Crippen molar-refractivity contribution >= 4 is 19.9 Å². The molecule has 1 aromatic carbocycles. The highest BCUT2D eigenvalue weighted by Crippen LogP contribution is 2.73. The van der Waals surface area contributed by atoms with Crippen molar-refractivity contribution in [2.45, 2.75) is 12.2 Å². The third-order valence-corrected chi connectivity index (χ3v) is 10.9. The second-order valence-corrected chi connectivity index (χ2v) is 11.3. The summed E-state index contributed by atoms with van der Waals surface area (Å²) in [5.74, 6) is 4.47.